The molecule has 0 bridgehead atoms. The van der Waals surface area contributed by atoms with Gasteiger partial charge in [0.2, 0.25) is 0 Å². The maximum atomic E-state index is 13.9. The van der Waals surface area contributed by atoms with Gasteiger partial charge in [-0.05, 0) is 19.9 Å². The van der Waals surface area contributed by atoms with Crippen molar-refractivity contribution in [2.24, 2.45) is 0 Å². The first kappa shape index (κ1) is 19.4. The lowest BCUT2D eigenvalue weighted by molar-refractivity contribution is -1.01. The number of hydrogen-bond acceptors (Lipinski definition) is 3. The fourth-order valence-corrected chi connectivity index (χ4v) is 3.53. The van der Waals surface area contributed by atoms with Crippen LogP contribution in [-0.2, 0) is 0 Å². The molecule has 0 radical (unpaired) electrons. The van der Waals surface area contributed by atoms with Crippen LogP contribution in [0.2, 0.25) is 0 Å². The number of hydrogen-bond donors (Lipinski definition) is 3. The van der Waals surface area contributed by atoms with Gasteiger partial charge in [0, 0.05) is 5.56 Å². The molecule has 27 heavy (non-hydrogen) atoms. The van der Waals surface area contributed by atoms with E-state index in [0.29, 0.717) is 12.1 Å². The van der Waals surface area contributed by atoms with Crippen LogP contribution < -0.4 is 15.1 Å². The molecule has 1 aromatic carbocycles. The lowest BCUT2D eigenvalue weighted by Gasteiger charge is -2.28. The first-order valence-corrected chi connectivity index (χ1v) is 9.70. The Bertz CT molecular complexity index is 756. The summed E-state index contributed by atoms with van der Waals surface area (Å²) in [5, 5.41) is 10.9. The Hall–Kier alpha value is -2.32. The summed E-state index contributed by atoms with van der Waals surface area (Å²) in [6.07, 6.45) is 1.57. The van der Waals surface area contributed by atoms with E-state index in [-0.39, 0.29) is 23.5 Å². The number of nitrogens with one attached hydrogen (secondary N) is 3. The normalized spacial score (nSPS) is 21.0. The molecule has 0 saturated carbocycles. The molecule has 8 heteroatoms. The summed E-state index contributed by atoms with van der Waals surface area (Å²) in [6, 6.07) is 6.23. The van der Waals surface area contributed by atoms with Crippen LogP contribution in [0.15, 0.2) is 30.5 Å². The van der Waals surface area contributed by atoms with Gasteiger partial charge in [-0.1, -0.05) is 23.4 Å². The van der Waals surface area contributed by atoms with Crippen LogP contribution in [0.1, 0.15) is 35.9 Å². The largest absolute Gasteiger partial charge is 0.345 e. The molecule has 1 aromatic heterocycles. The summed E-state index contributed by atoms with van der Waals surface area (Å²) in [4.78, 5) is 15.5. The highest BCUT2D eigenvalue weighted by molar-refractivity contribution is 5.91. The summed E-state index contributed by atoms with van der Waals surface area (Å²) in [7, 11) is 0. The second-order valence-electron chi connectivity index (χ2n) is 7.14. The Morgan fingerprint density at radius 1 is 1.26 bits per heavy atom. The quantitative estimate of drug-likeness (QED) is 0.555. The molecule has 1 saturated heterocycles. The molecule has 1 fully saturated rings. The Morgan fingerprint density at radius 2 is 1.96 bits per heavy atom. The minimum atomic E-state index is -0.331. The number of halogens is 1. The number of nitrogens with zero attached hydrogens (tertiary/aromatic N) is 3. The first-order valence-electron chi connectivity index (χ1n) is 9.70. The van der Waals surface area contributed by atoms with Gasteiger partial charge in [-0.2, -0.15) is 0 Å². The number of likely N-dealkylation sites (N-methyl/N-ethyl adjacent to an activating group) is 1. The molecule has 0 aliphatic carbocycles. The second kappa shape index (κ2) is 9.05. The van der Waals surface area contributed by atoms with Gasteiger partial charge >= 0.3 is 0 Å². The van der Waals surface area contributed by atoms with Gasteiger partial charge in [0.15, 0.2) is 5.69 Å². The Kier molecular flexibility index (Phi) is 6.52. The summed E-state index contributed by atoms with van der Waals surface area (Å²) >= 11 is 0. The molecule has 0 unspecified atom stereocenters. The Labute approximate surface area is 159 Å². The van der Waals surface area contributed by atoms with E-state index in [1.54, 1.807) is 29.3 Å². The number of aromatic nitrogens is 3. The van der Waals surface area contributed by atoms with E-state index in [9.17, 15) is 9.18 Å². The minimum absolute atomic E-state index is 0.237. The van der Waals surface area contributed by atoms with Crippen LogP contribution in [-0.4, -0.2) is 66.7 Å². The zero-order valence-corrected chi connectivity index (χ0v) is 16.0. The fourth-order valence-electron chi connectivity index (χ4n) is 3.53. The van der Waals surface area contributed by atoms with Crippen molar-refractivity contribution in [3.8, 4) is 0 Å². The molecule has 1 amide bonds. The molecule has 3 N–H and O–H groups in total. The average Bonchev–Trinajstić information content (AvgIpc) is 3.19. The number of quaternary nitrogens is 2. The first-order chi connectivity index (χ1) is 13.1. The minimum Gasteiger partial charge on any atom is -0.345 e. The van der Waals surface area contributed by atoms with Crippen molar-refractivity contribution in [2.45, 2.75) is 19.9 Å². The van der Waals surface area contributed by atoms with Gasteiger partial charge < -0.3 is 15.1 Å². The molecule has 2 heterocycles. The summed E-state index contributed by atoms with van der Waals surface area (Å²) in [5.74, 6) is -0.529. The lowest BCUT2D eigenvalue weighted by atomic mass is 10.1. The molecule has 7 nitrogen and oxygen atoms in total. The monoisotopic (exact) mass is 376 g/mol. The molecule has 0 spiro atoms. The van der Waals surface area contributed by atoms with Gasteiger partial charge in [0.25, 0.3) is 5.91 Å². The molecule has 2 aromatic rings. The predicted molar refractivity (Wildman–Crippen MR) is 99.4 cm³/mol. The van der Waals surface area contributed by atoms with Crippen molar-refractivity contribution in [1.29, 1.82) is 0 Å². The van der Waals surface area contributed by atoms with E-state index in [2.05, 4.69) is 22.6 Å². The summed E-state index contributed by atoms with van der Waals surface area (Å²) < 4.78 is 15.5. The van der Waals surface area contributed by atoms with E-state index in [1.165, 1.54) is 35.3 Å². The van der Waals surface area contributed by atoms with E-state index in [4.69, 9.17) is 0 Å². The number of benzene rings is 1. The zero-order valence-electron chi connectivity index (χ0n) is 16.0. The van der Waals surface area contributed by atoms with Crippen LogP contribution in [0.5, 0.6) is 0 Å². The molecule has 1 aliphatic rings. The van der Waals surface area contributed by atoms with Crippen LogP contribution in [0.3, 0.4) is 0 Å². The Morgan fingerprint density at radius 3 is 2.67 bits per heavy atom. The summed E-state index contributed by atoms with van der Waals surface area (Å²) in [6.45, 7) is 11.5. The van der Waals surface area contributed by atoms with Gasteiger partial charge in [0.1, 0.15) is 32.0 Å². The number of rotatable bonds is 7. The van der Waals surface area contributed by atoms with Crippen molar-refractivity contribution < 1.29 is 19.0 Å². The van der Waals surface area contributed by atoms with Crippen molar-refractivity contribution >= 4 is 5.91 Å². The van der Waals surface area contributed by atoms with Crippen LogP contribution in [0.4, 0.5) is 4.39 Å². The van der Waals surface area contributed by atoms with Gasteiger partial charge in [-0.3, -0.25) is 4.79 Å². The Balaban J connectivity index is 1.49. The van der Waals surface area contributed by atoms with Crippen LogP contribution >= 0.6 is 0 Å². The molecule has 3 rings (SSSR count). The molecule has 1 aliphatic heterocycles. The van der Waals surface area contributed by atoms with E-state index in [0.717, 1.165) is 19.6 Å². The lowest BCUT2D eigenvalue weighted by Crippen LogP contribution is -3.28. The van der Waals surface area contributed by atoms with E-state index < -0.39 is 0 Å². The van der Waals surface area contributed by atoms with E-state index in [1.807, 2.05) is 6.92 Å². The number of carbonyl (C=O) groups excluding carboxylic acids is 1. The van der Waals surface area contributed by atoms with Gasteiger partial charge in [-0.15, -0.1) is 5.10 Å². The predicted octanol–water partition coefficient (Wildman–Crippen LogP) is -1.44. The third-order valence-corrected chi connectivity index (χ3v) is 5.42. The number of carbonyl (C=O) groups is 1. The smallest absolute Gasteiger partial charge is 0.273 e. The van der Waals surface area contributed by atoms with Crippen molar-refractivity contribution in [1.82, 2.24) is 20.3 Å². The maximum Gasteiger partial charge on any atom is 0.273 e. The standard InChI is InChI=1S/C19H27FN6O/c1-3-24-10-12-25(13-11-24)9-8-21-19(27)18-14-26(23-22-18)15(2)16-6-4-5-7-17(16)20/h4-7,14-15H,3,8-13H2,1-2H3,(H,21,27)/p+2/t15-/m1/s1. The van der Waals surface area contributed by atoms with Gasteiger partial charge in [-0.25, -0.2) is 9.07 Å². The zero-order chi connectivity index (χ0) is 19.2. The topological polar surface area (TPSA) is 68.7 Å². The van der Waals surface area contributed by atoms with Crippen molar-refractivity contribution in [3.63, 3.8) is 0 Å². The third-order valence-electron chi connectivity index (χ3n) is 5.42. The number of amides is 1. The average molecular weight is 376 g/mol. The molecular formula is C19H29FN6O+2. The van der Waals surface area contributed by atoms with Crippen LogP contribution in [0.25, 0.3) is 0 Å². The summed E-state index contributed by atoms with van der Waals surface area (Å²) in [5.41, 5.74) is 0.778. The van der Waals surface area contributed by atoms with Crippen LogP contribution in [0, 0.1) is 5.82 Å². The molecular weight excluding hydrogens is 347 g/mol. The number of piperazine rings is 1. The highest BCUT2D eigenvalue weighted by Crippen LogP contribution is 2.19. The third kappa shape index (κ3) is 4.90. The molecule has 1 atom stereocenters. The van der Waals surface area contributed by atoms with Crippen molar-refractivity contribution in [2.75, 3.05) is 45.8 Å². The maximum absolute atomic E-state index is 13.9. The second-order valence-corrected chi connectivity index (χ2v) is 7.14. The molecule has 146 valence electrons. The SMILES string of the molecule is CC[NH+]1CC[NH+](CCNC(=O)c2cn([C@H](C)c3ccccc3F)nn2)CC1. The highest BCUT2D eigenvalue weighted by Gasteiger charge is 2.22. The van der Waals surface area contributed by atoms with Crippen molar-refractivity contribution in [3.05, 3.63) is 47.5 Å². The van der Waals surface area contributed by atoms with Gasteiger partial charge in [0.05, 0.1) is 31.9 Å². The fraction of sp³-hybridized carbons (Fsp3) is 0.526. The highest BCUT2D eigenvalue weighted by atomic mass is 19.1. The van der Waals surface area contributed by atoms with E-state index >= 15 is 0 Å².